The minimum absolute atomic E-state index is 0.0370. The minimum atomic E-state index is -0.425. The van der Waals surface area contributed by atoms with Crippen LogP contribution < -0.4 is 5.32 Å². The second kappa shape index (κ2) is 6.09. The van der Waals surface area contributed by atoms with Crippen LogP contribution in [0.15, 0.2) is 42.5 Å². The highest BCUT2D eigenvalue weighted by Gasteiger charge is 2.13. The number of hydrogen-bond donors (Lipinski definition) is 1. The van der Waals surface area contributed by atoms with Crippen molar-refractivity contribution >= 4 is 23.0 Å². The van der Waals surface area contributed by atoms with Gasteiger partial charge in [-0.15, -0.1) is 6.42 Å². The molecule has 0 bridgehead atoms. The third-order valence-corrected chi connectivity index (χ3v) is 2.99. The highest BCUT2D eigenvalue weighted by Crippen LogP contribution is 2.23. The molecule has 1 N–H and O–H groups in total. The summed E-state index contributed by atoms with van der Waals surface area (Å²) in [6, 6.07) is 11.8. The van der Waals surface area contributed by atoms with Crippen LogP contribution in [0.2, 0.25) is 5.02 Å². The average molecular weight is 287 g/mol. The Bertz CT molecular complexity index is 693. The van der Waals surface area contributed by atoms with Crippen molar-refractivity contribution in [3.8, 4) is 12.3 Å². The van der Waals surface area contributed by atoms with Crippen LogP contribution in [0.4, 0.5) is 11.4 Å². The lowest BCUT2D eigenvalue weighted by Crippen LogP contribution is -2.03. The van der Waals surface area contributed by atoms with Crippen LogP contribution in [0.3, 0.4) is 0 Å². The summed E-state index contributed by atoms with van der Waals surface area (Å²) in [5.74, 6) is 2.53. The van der Waals surface area contributed by atoms with Crippen LogP contribution >= 0.6 is 11.6 Å². The highest BCUT2D eigenvalue weighted by atomic mass is 35.5. The molecule has 0 aliphatic carbocycles. The maximum atomic E-state index is 11.0. The summed E-state index contributed by atoms with van der Waals surface area (Å²) in [6.45, 7) is 0.297. The zero-order valence-electron chi connectivity index (χ0n) is 10.5. The van der Waals surface area contributed by atoms with Crippen LogP contribution in [0, 0.1) is 22.5 Å². The number of nitrogens with one attached hydrogen (secondary N) is 1. The second-order valence-electron chi connectivity index (χ2n) is 4.11. The maximum absolute atomic E-state index is 11.0. The van der Waals surface area contributed by atoms with Crippen molar-refractivity contribution in [3.63, 3.8) is 0 Å². The first kappa shape index (κ1) is 13.9. The molecule has 0 unspecified atom stereocenters. The van der Waals surface area contributed by atoms with Gasteiger partial charge in [0.2, 0.25) is 0 Å². The Morgan fingerprint density at radius 1 is 1.30 bits per heavy atom. The van der Waals surface area contributed by atoms with Crippen LogP contribution in [0.25, 0.3) is 0 Å². The fourth-order valence-electron chi connectivity index (χ4n) is 1.79. The Balaban J connectivity index is 2.20. The van der Waals surface area contributed by atoms with E-state index in [-0.39, 0.29) is 5.69 Å². The predicted molar refractivity (Wildman–Crippen MR) is 79.8 cm³/mol. The van der Waals surface area contributed by atoms with E-state index in [2.05, 4.69) is 11.2 Å². The molecule has 0 saturated heterocycles. The number of hydrogen-bond acceptors (Lipinski definition) is 3. The number of nitrogens with zero attached hydrogens (tertiary/aromatic N) is 1. The normalized spacial score (nSPS) is 9.80. The number of nitro benzene ring substituents is 1. The molecule has 0 radical (unpaired) electrons. The summed E-state index contributed by atoms with van der Waals surface area (Å²) < 4.78 is 0. The molecule has 0 atom stereocenters. The van der Waals surface area contributed by atoms with Gasteiger partial charge in [0.1, 0.15) is 0 Å². The molecule has 2 rings (SSSR count). The van der Waals surface area contributed by atoms with Gasteiger partial charge in [-0.05, 0) is 30.3 Å². The van der Waals surface area contributed by atoms with Gasteiger partial charge in [-0.1, -0.05) is 23.6 Å². The molecule has 2 aromatic carbocycles. The van der Waals surface area contributed by atoms with Crippen molar-refractivity contribution in [2.24, 2.45) is 0 Å². The van der Waals surface area contributed by atoms with E-state index in [0.29, 0.717) is 17.1 Å². The van der Waals surface area contributed by atoms with Crippen molar-refractivity contribution in [3.05, 3.63) is 68.7 Å². The standard InChI is InChI=1S/C15H11ClN2O2/c1-2-11-4-3-5-14(8-11)17-10-12-9-13(16)6-7-15(12)18(19)20/h1,3-9,17H,10H2. The van der Waals surface area contributed by atoms with Crippen molar-refractivity contribution in [1.29, 1.82) is 0 Å². The van der Waals surface area contributed by atoms with E-state index >= 15 is 0 Å². The van der Waals surface area contributed by atoms with Crippen LogP contribution in [0.5, 0.6) is 0 Å². The Hall–Kier alpha value is -2.51. The third-order valence-electron chi connectivity index (χ3n) is 2.75. The number of terminal acetylenes is 1. The molecule has 0 aliphatic rings. The molecule has 5 heteroatoms. The fourth-order valence-corrected chi connectivity index (χ4v) is 1.98. The molecule has 100 valence electrons. The molecule has 4 nitrogen and oxygen atoms in total. The Morgan fingerprint density at radius 3 is 2.80 bits per heavy atom. The van der Waals surface area contributed by atoms with E-state index in [1.54, 1.807) is 12.1 Å². The van der Waals surface area contributed by atoms with E-state index in [1.165, 1.54) is 12.1 Å². The SMILES string of the molecule is C#Cc1cccc(NCc2cc(Cl)ccc2[N+](=O)[O-])c1. The van der Waals surface area contributed by atoms with Crippen LogP contribution in [-0.4, -0.2) is 4.92 Å². The summed E-state index contributed by atoms with van der Waals surface area (Å²) in [6.07, 6.45) is 5.33. The zero-order chi connectivity index (χ0) is 14.5. The Kier molecular flexibility index (Phi) is 4.24. The van der Waals surface area contributed by atoms with E-state index in [9.17, 15) is 10.1 Å². The second-order valence-corrected chi connectivity index (χ2v) is 4.55. The summed E-state index contributed by atoms with van der Waals surface area (Å²) in [5.41, 5.74) is 2.11. The molecule has 0 spiro atoms. The molecular weight excluding hydrogens is 276 g/mol. The summed E-state index contributed by atoms with van der Waals surface area (Å²) in [5, 5.41) is 14.5. The monoisotopic (exact) mass is 286 g/mol. The van der Waals surface area contributed by atoms with Gasteiger partial charge in [-0.3, -0.25) is 10.1 Å². The molecule has 0 aliphatic heterocycles. The molecule has 0 saturated carbocycles. The van der Waals surface area contributed by atoms with Gasteiger partial charge in [-0.2, -0.15) is 0 Å². The molecular formula is C15H11ClN2O2. The molecule has 0 heterocycles. The Morgan fingerprint density at radius 2 is 2.10 bits per heavy atom. The fraction of sp³-hybridized carbons (Fsp3) is 0.0667. The lowest BCUT2D eigenvalue weighted by molar-refractivity contribution is -0.385. The maximum Gasteiger partial charge on any atom is 0.274 e. The number of halogens is 1. The number of anilines is 1. The molecule has 0 amide bonds. The van der Waals surface area contributed by atoms with Gasteiger partial charge in [0.05, 0.1) is 10.5 Å². The summed E-state index contributed by atoms with van der Waals surface area (Å²) in [4.78, 5) is 10.5. The Labute approximate surface area is 121 Å². The molecule has 20 heavy (non-hydrogen) atoms. The smallest absolute Gasteiger partial charge is 0.274 e. The molecule has 0 aromatic heterocycles. The first-order valence-corrected chi connectivity index (χ1v) is 6.21. The van der Waals surface area contributed by atoms with Gasteiger partial charge in [0.15, 0.2) is 0 Å². The van der Waals surface area contributed by atoms with Crippen molar-refractivity contribution in [1.82, 2.24) is 0 Å². The lowest BCUT2D eigenvalue weighted by Gasteiger charge is -2.08. The van der Waals surface area contributed by atoms with Crippen molar-refractivity contribution in [2.45, 2.75) is 6.54 Å². The largest absolute Gasteiger partial charge is 0.381 e. The topological polar surface area (TPSA) is 55.2 Å². The van der Waals surface area contributed by atoms with E-state index in [1.807, 2.05) is 18.2 Å². The van der Waals surface area contributed by atoms with Crippen molar-refractivity contribution in [2.75, 3.05) is 5.32 Å². The molecule has 2 aromatic rings. The summed E-state index contributed by atoms with van der Waals surface area (Å²) >= 11 is 5.87. The van der Waals surface area contributed by atoms with Gasteiger partial charge < -0.3 is 5.32 Å². The van der Waals surface area contributed by atoms with Gasteiger partial charge in [-0.25, -0.2) is 0 Å². The van der Waals surface area contributed by atoms with Crippen LogP contribution in [-0.2, 0) is 6.54 Å². The van der Waals surface area contributed by atoms with E-state index in [0.717, 1.165) is 11.3 Å². The van der Waals surface area contributed by atoms with E-state index < -0.39 is 4.92 Å². The lowest BCUT2D eigenvalue weighted by atomic mass is 10.1. The van der Waals surface area contributed by atoms with Gasteiger partial charge in [0, 0.05) is 28.9 Å². The number of nitro groups is 1. The molecule has 0 fully saturated rings. The summed E-state index contributed by atoms with van der Waals surface area (Å²) in [7, 11) is 0. The van der Waals surface area contributed by atoms with E-state index in [4.69, 9.17) is 18.0 Å². The predicted octanol–water partition coefficient (Wildman–Crippen LogP) is 3.84. The average Bonchev–Trinajstić information content (AvgIpc) is 2.45. The first-order chi connectivity index (χ1) is 9.60. The van der Waals surface area contributed by atoms with Crippen LogP contribution in [0.1, 0.15) is 11.1 Å². The number of rotatable bonds is 4. The van der Waals surface area contributed by atoms with Gasteiger partial charge in [0.25, 0.3) is 5.69 Å². The van der Waals surface area contributed by atoms with Crippen molar-refractivity contribution < 1.29 is 4.92 Å². The highest BCUT2D eigenvalue weighted by molar-refractivity contribution is 6.30. The minimum Gasteiger partial charge on any atom is -0.381 e. The van der Waals surface area contributed by atoms with Gasteiger partial charge >= 0.3 is 0 Å². The quantitative estimate of drug-likeness (QED) is 0.528. The number of benzene rings is 2. The zero-order valence-corrected chi connectivity index (χ0v) is 11.2. The first-order valence-electron chi connectivity index (χ1n) is 5.83. The third kappa shape index (κ3) is 3.28.